The Balaban J connectivity index is 2.95. The van der Waals surface area contributed by atoms with E-state index >= 15 is 0 Å². The molecule has 0 atom stereocenters. The molecule has 6 nitrogen and oxygen atoms in total. The van der Waals surface area contributed by atoms with E-state index in [1.807, 2.05) is 20.8 Å². The van der Waals surface area contributed by atoms with Crippen molar-refractivity contribution < 1.29 is 16.8 Å². The van der Waals surface area contributed by atoms with Crippen molar-refractivity contribution in [3.63, 3.8) is 0 Å². The van der Waals surface area contributed by atoms with Crippen LogP contribution in [0.3, 0.4) is 0 Å². The minimum atomic E-state index is -3.78. The minimum Gasteiger partial charge on any atom is -0.273 e. The first-order valence-corrected chi connectivity index (χ1v) is 9.58. The summed E-state index contributed by atoms with van der Waals surface area (Å²) >= 11 is 0. The molecule has 0 spiro atoms. The second kappa shape index (κ2) is 5.94. The van der Waals surface area contributed by atoms with Gasteiger partial charge in [0.2, 0.25) is 20.0 Å². The number of benzene rings is 1. The number of sulfonamides is 2. The molecule has 0 radical (unpaired) electrons. The minimum absolute atomic E-state index is 0.0317. The van der Waals surface area contributed by atoms with Gasteiger partial charge >= 0.3 is 0 Å². The van der Waals surface area contributed by atoms with Gasteiger partial charge < -0.3 is 0 Å². The lowest BCUT2D eigenvalue weighted by atomic mass is 9.94. The molecule has 21 heavy (non-hydrogen) atoms. The van der Waals surface area contributed by atoms with Crippen molar-refractivity contribution in [1.82, 2.24) is 0 Å². The number of hydrogen-bond acceptors (Lipinski definition) is 4. The van der Waals surface area contributed by atoms with Crippen LogP contribution >= 0.6 is 0 Å². The van der Waals surface area contributed by atoms with Crippen molar-refractivity contribution in [2.75, 3.05) is 17.1 Å². The van der Waals surface area contributed by atoms with Crippen LogP contribution in [-0.4, -0.2) is 29.6 Å². The molecule has 0 heterocycles. The van der Waals surface area contributed by atoms with Crippen molar-refractivity contribution in [2.24, 2.45) is 10.6 Å². The van der Waals surface area contributed by atoms with Gasteiger partial charge in [0.1, 0.15) is 0 Å². The van der Waals surface area contributed by atoms with E-state index in [1.54, 1.807) is 0 Å². The number of hydrogen-bond donors (Lipinski definition) is 1. The van der Waals surface area contributed by atoms with Crippen LogP contribution in [0.5, 0.6) is 0 Å². The Hall–Kier alpha value is -1.12. The average Bonchev–Trinajstić information content (AvgIpc) is 2.34. The van der Waals surface area contributed by atoms with Gasteiger partial charge in [0.25, 0.3) is 0 Å². The first kappa shape index (κ1) is 17.9. The molecule has 0 fully saturated rings. The van der Waals surface area contributed by atoms with Gasteiger partial charge in [-0.2, -0.15) is 0 Å². The second-order valence-corrected chi connectivity index (χ2v) is 9.81. The summed E-state index contributed by atoms with van der Waals surface area (Å²) in [4.78, 5) is -0.0493. The van der Waals surface area contributed by atoms with E-state index in [2.05, 4.69) is 0 Å². The zero-order valence-electron chi connectivity index (χ0n) is 12.7. The third-order valence-electron chi connectivity index (χ3n) is 3.06. The molecule has 120 valence electrons. The molecule has 0 aliphatic heterocycles. The lowest BCUT2D eigenvalue weighted by molar-refractivity contribution is 0.397. The molecule has 0 unspecified atom stereocenters. The summed E-state index contributed by atoms with van der Waals surface area (Å²) in [5.74, 6) is 0.0317. The molecule has 2 N–H and O–H groups in total. The molecule has 0 aliphatic rings. The Bertz CT molecular complexity index is 687. The lowest BCUT2D eigenvalue weighted by Crippen LogP contribution is -2.30. The van der Waals surface area contributed by atoms with Crippen molar-refractivity contribution in [2.45, 2.75) is 32.1 Å². The van der Waals surface area contributed by atoms with Crippen molar-refractivity contribution in [1.29, 1.82) is 0 Å². The number of rotatable bonds is 5. The number of anilines is 1. The maximum Gasteiger partial charge on any atom is 0.238 e. The normalized spacial score (nSPS) is 13.2. The predicted octanol–water partition coefficient (Wildman–Crippen LogP) is 1.54. The van der Waals surface area contributed by atoms with Crippen LogP contribution in [0.1, 0.15) is 27.2 Å². The smallest absolute Gasteiger partial charge is 0.238 e. The van der Waals surface area contributed by atoms with Gasteiger partial charge in [-0.05, 0) is 36.1 Å². The Morgan fingerprint density at radius 3 is 1.90 bits per heavy atom. The summed E-state index contributed by atoms with van der Waals surface area (Å²) in [6.07, 6.45) is 0.537. The SMILES string of the molecule is CN(c1ccc(S(N)(=O)=O)cc1)S(=O)(=O)CCC(C)(C)C. The van der Waals surface area contributed by atoms with Gasteiger partial charge in [0.15, 0.2) is 0 Å². The summed E-state index contributed by atoms with van der Waals surface area (Å²) < 4.78 is 48.0. The van der Waals surface area contributed by atoms with Gasteiger partial charge in [0, 0.05) is 7.05 Å². The van der Waals surface area contributed by atoms with Gasteiger partial charge in [-0.25, -0.2) is 22.0 Å². The molecular weight excluding hydrogens is 312 g/mol. The maximum absolute atomic E-state index is 12.2. The topological polar surface area (TPSA) is 97.5 Å². The first-order valence-electron chi connectivity index (χ1n) is 6.42. The highest BCUT2D eigenvalue weighted by molar-refractivity contribution is 7.92. The fraction of sp³-hybridized carbons (Fsp3) is 0.538. The van der Waals surface area contributed by atoms with Crippen molar-refractivity contribution in [3.8, 4) is 0 Å². The van der Waals surface area contributed by atoms with Crippen LogP contribution in [0.25, 0.3) is 0 Å². The number of nitrogens with two attached hydrogens (primary N) is 1. The van der Waals surface area contributed by atoms with Crippen molar-refractivity contribution >= 4 is 25.7 Å². The standard InChI is InChI=1S/C13H22N2O4S2/c1-13(2,3)9-10-20(16,17)15(4)11-5-7-12(8-6-11)21(14,18)19/h5-8H,9-10H2,1-4H3,(H2,14,18,19). The van der Waals surface area contributed by atoms with Crippen LogP contribution < -0.4 is 9.44 Å². The third-order valence-corrected chi connectivity index (χ3v) is 5.75. The molecule has 0 saturated heterocycles. The molecule has 8 heteroatoms. The molecule has 0 aliphatic carbocycles. The van der Waals surface area contributed by atoms with E-state index in [1.165, 1.54) is 31.3 Å². The van der Waals surface area contributed by atoms with E-state index in [-0.39, 0.29) is 16.1 Å². The van der Waals surface area contributed by atoms with Gasteiger partial charge in [-0.1, -0.05) is 20.8 Å². The summed E-state index contributed by atoms with van der Waals surface area (Å²) in [6, 6.07) is 5.43. The second-order valence-electron chi connectivity index (χ2n) is 6.13. The summed E-state index contributed by atoms with van der Waals surface area (Å²) in [7, 11) is -5.77. The molecule has 0 aromatic heterocycles. The van der Waals surface area contributed by atoms with E-state index in [4.69, 9.17) is 5.14 Å². The summed E-state index contributed by atoms with van der Waals surface area (Å²) in [5, 5.41) is 5.00. The maximum atomic E-state index is 12.2. The summed E-state index contributed by atoms with van der Waals surface area (Å²) in [5.41, 5.74) is 0.321. The number of primary sulfonamides is 1. The van der Waals surface area contributed by atoms with E-state index in [0.29, 0.717) is 12.1 Å². The predicted molar refractivity (Wildman–Crippen MR) is 84.1 cm³/mol. The van der Waals surface area contributed by atoms with E-state index in [9.17, 15) is 16.8 Å². The van der Waals surface area contributed by atoms with Crippen LogP contribution in [0.2, 0.25) is 0 Å². The van der Waals surface area contributed by atoms with E-state index in [0.717, 1.165) is 4.31 Å². The fourth-order valence-corrected chi connectivity index (χ4v) is 3.68. The highest BCUT2D eigenvalue weighted by Gasteiger charge is 2.22. The highest BCUT2D eigenvalue weighted by Crippen LogP contribution is 2.23. The van der Waals surface area contributed by atoms with Crippen LogP contribution in [0.4, 0.5) is 5.69 Å². The zero-order valence-corrected chi connectivity index (χ0v) is 14.3. The Labute approximate surface area is 127 Å². The molecule has 0 amide bonds. The Kier molecular flexibility index (Phi) is 5.07. The lowest BCUT2D eigenvalue weighted by Gasteiger charge is -2.23. The quantitative estimate of drug-likeness (QED) is 0.883. The zero-order chi connectivity index (χ0) is 16.5. The average molecular weight is 334 g/mol. The monoisotopic (exact) mass is 334 g/mol. The first-order chi connectivity index (χ1) is 9.33. The van der Waals surface area contributed by atoms with Gasteiger partial charge in [0.05, 0.1) is 16.3 Å². The Morgan fingerprint density at radius 1 is 1.05 bits per heavy atom. The summed E-state index contributed by atoms with van der Waals surface area (Å²) in [6.45, 7) is 5.93. The van der Waals surface area contributed by atoms with Crippen LogP contribution in [0.15, 0.2) is 29.2 Å². The fourth-order valence-electron chi connectivity index (χ4n) is 1.58. The number of nitrogens with zero attached hydrogens (tertiary/aromatic N) is 1. The molecule has 1 aromatic rings. The molecule has 1 aromatic carbocycles. The van der Waals surface area contributed by atoms with Gasteiger partial charge in [-0.15, -0.1) is 0 Å². The third kappa shape index (κ3) is 5.29. The molecule has 1 rings (SSSR count). The largest absolute Gasteiger partial charge is 0.273 e. The molecule has 0 bridgehead atoms. The molecule has 0 saturated carbocycles. The van der Waals surface area contributed by atoms with Crippen LogP contribution in [0, 0.1) is 5.41 Å². The van der Waals surface area contributed by atoms with E-state index < -0.39 is 20.0 Å². The van der Waals surface area contributed by atoms with Gasteiger partial charge in [-0.3, -0.25) is 4.31 Å². The van der Waals surface area contributed by atoms with Crippen molar-refractivity contribution in [3.05, 3.63) is 24.3 Å². The molecular formula is C13H22N2O4S2. The Morgan fingerprint density at radius 2 is 1.52 bits per heavy atom. The highest BCUT2D eigenvalue weighted by atomic mass is 32.2. The van der Waals surface area contributed by atoms with Crippen LogP contribution in [-0.2, 0) is 20.0 Å².